The first-order valence-electron chi connectivity index (χ1n) is 9.18. The molecule has 0 bridgehead atoms. The van der Waals surface area contributed by atoms with Gasteiger partial charge in [-0.05, 0) is 32.3 Å². The fraction of sp³-hybridized carbons (Fsp3) is 0.455. The van der Waals surface area contributed by atoms with Crippen molar-refractivity contribution >= 4 is 16.8 Å². The summed E-state index contributed by atoms with van der Waals surface area (Å²) in [5.74, 6) is 0.545. The third-order valence-electron chi connectivity index (χ3n) is 4.79. The van der Waals surface area contributed by atoms with Crippen LogP contribution in [0.3, 0.4) is 0 Å². The third kappa shape index (κ3) is 4.11. The van der Waals surface area contributed by atoms with Gasteiger partial charge in [-0.2, -0.15) is 0 Å². The van der Waals surface area contributed by atoms with Gasteiger partial charge in [-0.25, -0.2) is 0 Å². The van der Waals surface area contributed by atoms with Gasteiger partial charge in [-0.15, -0.1) is 0 Å². The Kier molecular flexibility index (Phi) is 6.72. The van der Waals surface area contributed by atoms with E-state index in [0.29, 0.717) is 0 Å². The van der Waals surface area contributed by atoms with Crippen LogP contribution in [0.5, 0.6) is 11.5 Å². The molecule has 0 heterocycles. The highest BCUT2D eigenvalue weighted by Crippen LogP contribution is 2.41. The van der Waals surface area contributed by atoms with Crippen molar-refractivity contribution in [3.05, 3.63) is 41.0 Å². The van der Waals surface area contributed by atoms with E-state index in [9.17, 15) is 10.2 Å². The summed E-state index contributed by atoms with van der Waals surface area (Å²) in [6.45, 7) is 6.05. The molecule has 0 atom stereocenters. The van der Waals surface area contributed by atoms with E-state index in [-0.39, 0.29) is 11.5 Å². The average Bonchev–Trinajstić information content (AvgIpc) is 2.57. The lowest BCUT2D eigenvalue weighted by molar-refractivity contribution is 0.465. The number of unbranched alkanes of at least 4 members (excludes halogenated alkanes) is 6. The summed E-state index contributed by atoms with van der Waals surface area (Å²) in [6.07, 6.45) is 12.8. The Bertz CT molecular complexity index is 714. The van der Waals surface area contributed by atoms with Crippen LogP contribution in [0.25, 0.3) is 16.8 Å². The minimum atomic E-state index is 0.267. The summed E-state index contributed by atoms with van der Waals surface area (Å²) in [6, 6.07) is 5.73. The zero-order valence-corrected chi connectivity index (χ0v) is 15.2. The lowest BCUT2D eigenvalue weighted by Crippen LogP contribution is -1.89. The molecular formula is C22H30O2. The van der Waals surface area contributed by atoms with Crippen LogP contribution in [0.2, 0.25) is 0 Å². The Balaban J connectivity index is 2.11. The summed E-state index contributed by atoms with van der Waals surface area (Å²) < 4.78 is 0. The van der Waals surface area contributed by atoms with E-state index in [1.165, 1.54) is 38.5 Å². The van der Waals surface area contributed by atoms with Crippen molar-refractivity contribution < 1.29 is 10.2 Å². The predicted octanol–water partition coefficient (Wildman–Crippen LogP) is 6.63. The number of hydrogen-bond acceptors (Lipinski definition) is 2. The van der Waals surface area contributed by atoms with E-state index in [4.69, 9.17) is 0 Å². The van der Waals surface area contributed by atoms with Crippen LogP contribution in [0.4, 0.5) is 0 Å². The van der Waals surface area contributed by atoms with Gasteiger partial charge in [-0.1, -0.05) is 69.4 Å². The minimum Gasteiger partial charge on any atom is -0.507 e. The summed E-state index contributed by atoms with van der Waals surface area (Å²) in [4.78, 5) is 0. The van der Waals surface area contributed by atoms with Crippen LogP contribution in [-0.4, -0.2) is 10.2 Å². The second-order valence-electron chi connectivity index (χ2n) is 6.69. The number of phenolic OH excluding ortho intramolecular Hbond substituents is 2. The highest BCUT2D eigenvalue weighted by atomic mass is 16.3. The molecule has 0 radical (unpaired) electrons. The molecule has 0 amide bonds. The first kappa shape index (κ1) is 18.4. The van der Waals surface area contributed by atoms with Gasteiger partial charge in [0.15, 0.2) is 0 Å². The molecule has 2 rings (SSSR count). The Morgan fingerprint density at radius 3 is 2.38 bits per heavy atom. The zero-order valence-electron chi connectivity index (χ0n) is 15.2. The number of hydrogen-bond donors (Lipinski definition) is 2. The first-order chi connectivity index (χ1) is 11.6. The van der Waals surface area contributed by atoms with E-state index >= 15 is 0 Å². The molecule has 0 fully saturated rings. The van der Waals surface area contributed by atoms with Crippen LogP contribution < -0.4 is 0 Å². The summed E-state index contributed by atoms with van der Waals surface area (Å²) >= 11 is 0. The normalized spacial score (nSPS) is 11.6. The number of rotatable bonds is 8. The van der Waals surface area contributed by atoms with Gasteiger partial charge in [0.1, 0.15) is 11.5 Å². The zero-order chi connectivity index (χ0) is 17.5. The second kappa shape index (κ2) is 8.77. The standard InChI is InChI=1S/C22H30O2/c1-4-5-6-7-8-9-10-11-14-18-17(3)21(23)20-16(2)13-12-15-19(20)22(18)24/h11-15,23-24H,4-10H2,1-3H3. The topological polar surface area (TPSA) is 40.5 Å². The fourth-order valence-corrected chi connectivity index (χ4v) is 3.26. The maximum absolute atomic E-state index is 10.6. The predicted molar refractivity (Wildman–Crippen MR) is 104 cm³/mol. The van der Waals surface area contributed by atoms with Gasteiger partial charge in [0.2, 0.25) is 0 Å². The molecule has 2 N–H and O–H groups in total. The molecule has 24 heavy (non-hydrogen) atoms. The van der Waals surface area contributed by atoms with Gasteiger partial charge < -0.3 is 10.2 Å². The first-order valence-corrected chi connectivity index (χ1v) is 9.18. The molecule has 2 aromatic rings. The van der Waals surface area contributed by atoms with Crippen LogP contribution in [0, 0.1) is 13.8 Å². The molecule has 2 heteroatoms. The van der Waals surface area contributed by atoms with E-state index in [1.807, 2.05) is 38.1 Å². The Morgan fingerprint density at radius 1 is 0.917 bits per heavy atom. The Morgan fingerprint density at radius 2 is 1.62 bits per heavy atom. The maximum Gasteiger partial charge on any atom is 0.131 e. The van der Waals surface area contributed by atoms with Crippen LogP contribution in [0.15, 0.2) is 24.3 Å². The molecule has 2 nitrogen and oxygen atoms in total. The van der Waals surface area contributed by atoms with E-state index in [0.717, 1.165) is 33.9 Å². The summed E-state index contributed by atoms with van der Waals surface area (Å²) in [5.41, 5.74) is 2.45. The monoisotopic (exact) mass is 326 g/mol. The smallest absolute Gasteiger partial charge is 0.131 e. The molecule has 0 aliphatic rings. The SMILES string of the molecule is CCCCCCCCC=Cc1c(C)c(O)c2c(C)cccc2c1O. The van der Waals surface area contributed by atoms with Crippen molar-refractivity contribution in [2.45, 2.75) is 65.7 Å². The molecule has 130 valence electrons. The Labute approximate surface area is 145 Å². The number of aromatic hydroxyl groups is 2. The Hall–Kier alpha value is -1.96. The van der Waals surface area contributed by atoms with E-state index in [1.54, 1.807) is 0 Å². The van der Waals surface area contributed by atoms with Crippen LogP contribution >= 0.6 is 0 Å². The lowest BCUT2D eigenvalue weighted by Gasteiger charge is -2.13. The number of allylic oxidation sites excluding steroid dienone is 1. The maximum atomic E-state index is 10.6. The van der Waals surface area contributed by atoms with Gasteiger partial charge >= 0.3 is 0 Å². The van der Waals surface area contributed by atoms with Crippen molar-refractivity contribution in [2.24, 2.45) is 0 Å². The molecule has 0 saturated carbocycles. The van der Waals surface area contributed by atoms with Gasteiger partial charge in [0.05, 0.1) is 0 Å². The highest BCUT2D eigenvalue weighted by molar-refractivity contribution is 5.99. The second-order valence-corrected chi connectivity index (χ2v) is 6.69. The van der Waals surface area contributed by atoms with E-state index < -0.39 is 0 Å². The molecule has 0 aromatic heterocycles. The summed E-state index contributed by atoms with van der Waals surface area (Å²) in [7, 11) is 0. The van der Waals surface area contributed by atoms with Crippen LogP contribution in [-0.2, 0) is 0 Å². The number of aryl methyl sites for hydroxylation is 1. The molecule has 0 spiro atoms. The highest BCUT2D eigenvalue weighted by Gasteiger charge is 2.15. The molecule has 2 aromatic carbocycles. The van der Waals surface area contributed by atoms with E-state index in [2.05, 4.69) is 13.0 Å². The quantitative estimate of drug-likeness (QED) is 0.422. The lowest BCUT2D eigenvalue weighted by atomic mass is 9.95. The fourth-order valence-electron chi connectivity index (χ4n) is 3.26. The molecule has 0 aliphatic heterocycles. The minimum absolute atomic E-state index is 0.267. The summed E-state index contributed by atoms with van der Waals surface area (Å²) in [5, 5.41) is 22.6. The number of benzene rings is 2. The molecular weight excluding hydrogens is 296 g/mol. The van der Waals surface area contributed by atoms with Crippen molar-refractivity contribution in [2.75, 3.05) is 0 Å². The van der Waals surface area contributed by atoms with Gasteiger partial charge in [0, 0.05) is 21.9 Å². The molecule has 0 saturated heterocycles. The molecule has 0 aliphatic carbocycles. The van der Waals surface area contributed by atoms with Crippen molar-refractivity contribution in [1.82, 2.24) is 0 Å². The van der Waals surface area contributed by atoms with Crippen LogP contribution in [0.1, 0.15) is 68.6 Å². The van der Waals surface area contributed by atoms with Crippen molar-refractivity contribution in [3.8, 4) is 11.5 Å². The van der Waals surface area contributed by atoms with Crippen molar-refractivity contribution in [1.29, 1.82) is 0 Å². The van der Waals surface area contributed by atoms with Crippen molar-refractivity contribution in [3.63, 3.8) is 0 Å². The van der Waals surface area contributed by atoms with Gasteiger partial charge in [-0.3, -0.25) is 0 Å². The third-order valence-corrected chi connectivity index (χ3v) is 4.79. The average molecular weight is 326 g/mol. The number of phenols is 2. The largest absolute Gasteiger partial charge is 0.507 e. The number of fused-ring (bicyclic) bond motifs is 1. The van der Waals surface area contributed by atoms with Gasteiger partial charge in [0.25, 0.3) is 0 Å². The molecule has 0 unspecified atom stereocenters.